The maximum atomic E-state index is 15.0. The predicted molar refractivity (Wildman–Crippen MR) is 125 cm³/mol. The third-order valence-electron chi connectivity index (χ3n) is 5.41. The molecule has 0 atom stereocenters. The highest BCUT2D eigenvalue weighted by Crippen LogP contribution is 2.35. The van der Waals surface area contributed by atoms with E-state index in [9.17, 15) is 17.6 Å². The number of benzene rings is 4. The van der Waals surface area contributed by atoms with Crippen LogP contribution >= 0.6 is 0 Å². The second-order valence-electron chi connectivity index (χ2n) is 7.68. The second-order valence-corrected chi connectivity index (χ2v) is 7.68. The van der Waals surface area contributed by atoms with Crippen LogP contribution in [-0.2, 0) is 0 Å². The van der Waals surface area contributed by atoms with E-state index in [4.69, 9.17) is 4.74 Å². The summed E-state index contributed by atoms with van der Waals surface area (Å²) in [7, 11) is 0. The van der Waals surface area contributed by atoms with Gasteiger partial charge in [-0.2, -0.15) is 8.78 Å². The Morgan fingerprint density at radius 2 is 1.54 bits per heavy atom. The van der Waals surface area contributed by atoms with Crippen molar-refractivity contribution < 1.29 is 31.1 Å². The minimum Gasteiger partial charge on any atom is -0.489 e. The van der Waals surface area contributed by atoms with Crippen molar-refractivity contribution in [3.8, 4) is 28.0 Å². The van der Waals surface area contributed by atoms with Crippen LogP contribution < -0.4 is 4.74 Å². The van der Waals surface area contributed by atoms with Gasteiger partial charge in [-0.3, -0.25) is 0 Å². The molecule has 0 N–H and O–H groups in total. The fourth-order valence-electron chi connectivity index (χ4n) is 3.76. The smallest absolute Gasteiger partial charge is 0.271 e. The summed E-state index contributed by atoms with van der Waals surface area (Å²) < 4.78 is 89.6. The third kappa shape index (κ3) is 5.09. The molecule has 0 saturated heterocycles. The van der Waals surface area contributed by atoms with Gasteiger partial charge in [0.1, 0.15) is 35.6 Å². The molecule has 4 aromatic carbocycles. The molecule has 0 aliphatic heterocycles. The lowest BCUT2D eigenvalue weighted by molar-refractivity contribution is 0.360. The summed E-state index contributed by atoms with van der Waals surface area (Å²) in [6, 6.07) is 12.5. The first kappa shape index (κ1) is 24.1. The van der Waals surface area contributed by atoms with Crippen LogP contribution in [0.2, 0.25) is 0 Å². The summed E-state index contributed by atoms with van der Waals surface area (Å²) in [6.07, 6.45) is 1.89. The minimum atomic E-state index is -2.05. The van der Waals surface area contributed by atoms with Gasteiger partial charge in [0.2, 0.25) is 0 Å². The lowest BCUT2D eigenvalue weighted by atomic mass is 9.96. The molecule has 4 rings (SSSR count). The fraction of sp³-hybridized carbons (Fsp3) is 0.0714. The van der Waals surface area contributed by atoms with Crippen LogP contribution in [0.5, 0.6) is 5.75 Å². The van der Waals surface area contributed by atoms with Gasteiger partial charge in [0, 0.05) is 28.7 Å². The molecule has 0 amide bonds. The van der Waals surface area contributed by atoms with E-state index >= 15 is 8.78 Å². The number of fused-ring (bicyclic) bond motifs is 1. The summed E-state index contributed by atoms with van der Waals surface area (Å²) in [4.78, 5) is 0. The summed E-state index contributed by atoms with van der Waals surface area (Å²) in [6.45, 7) is 2.08. The van der Waals surface area contributed by atoms with Gasteiger partial charge >= 0.3 is 0 Å². The molecule has 0 bridgehead atoms. The third-order valence-corrected chi connectivity index (χ3v) is 5.41. The van der Waals surface area contributed by atoms with Gasteiger partial charge < -0.3 is 4.74 Å². The quantitative estimate of drug-likeness (QED) is 0.196. The van der Waals surface area contributed by atoms with Gasteiger partial charge in [0.25, 0.3) is 6.08 Å². The molecule has 178 valence electrons. The van der Waals surface area contributed by atoms with Crippen molar-refractivity contribution in [1.29, 1.82) is 0 Å². The van der Waals surface area contributed by atoms with Crippen LogP contribution in [0.1, 0.15) is 12.5 Å². The number of hydrogen-bond acceptors (Lipinski definition) is 1. The molecule has 4 aromatic rings. The zero-order valence-corrected chi connectivity index (χ0v) is 18.4. The molecule has 0 aliphatic carbocycles. The number of hydrogen-bond donors (Lipinski definition) is 0. The molecule has 0 heterocycles. The van der Waals surface area contributed by atoms with Crippen LogP contribution in [-0.4, -0.2) is 6.61 Å². The highest BCUT2D eigenvalue weighted by Gasteiger charge is 2.17. The Labute approximate surface area is 197 Å². The van der Waals surface area contributed by atoms with Gasteiger partial charge in [-0.1, -0.05) is 36.4 Å². The first-order valence-corrected chi connectivity index (χ1v) is 10.6. The van der Waals surface area contributed by atoms with Crippen molar-refractivity contribution >= 4 is 16.8 Å². The summed E-state index contributed by atoms with van der Waals surface area (Å²) in [5.41, 5.74) is -0.563. The lowest BCUT2D eigenvalue weighted by Crippen LogP contribution is -1.96. The first-order valence-electron chi connectivity index (χ1n) is 10.6. The Kier molecular flexibility index (Phi) is 6.96. The average molecular weight is 484 g/mol. The highest BCUT2D eigenvalue weighted by atomic mass is 19.3. The van der Waals surface area contributed by atoms with Crippen LogP contribution in [0, 0.1) is 23.3 Å². The zero-order valence-electron chi connectivity index (χ0n) is 18.4. The molecule has 7 heteroatoms. The predicted octanol–water partition coefficient (Wildman–Crippen LogP) is 8.92. The van der Waals surface area contributed by atoms with Crippen LogP contribution in [0.3, 0.4) is 0 Å². The van der Waals surface area contributed by atoms with Crippen molar-refractivity contribution in [2.75, 3.05) is 6.61 Å². The Morgan fingerprint density at radius 3 is 2.20 bits per heavy atom. The maximum absolute atomic E-state index is 15.0. The summed E-state index contributed by atoms with van der Waals surface area (Å²) >= 11 is 0. The monoisotopic (exact) mass is 484 g/mol. The van der Waals surface area contributed by atoms with E-state index in [1.807, 2.05) is 6.92 Å². The van der Waals surface area contributed by atoms with Crippen molar-refractivity contribution in [2.24, 2.45) is 0 Å². The summed E-state index contributed by atoms with van der Waals surface area (Å²) in [5.74, 6) is -3.17. The molecular formula is C28H18F6O. The Hall–Kier alpha value is -4.00. The summed E-state index contributed by atoms with van der Waals surface area (Å²) in [5, 5.41) is 0.304. The van der Waals surface area contributed by atoms with Gasteiger partial charge in [-0.25, -0.2) is 17.6 Å². The second kappa shape index (κ2) is 10.1. The van der Waals surface area contributed by atoms with Crippen LogP contribution in [0.4, 0.5) is 26.3 Å². The van der Waals surface area contributed by atoms with Crippen molar-refractivity contribution in [3.05, 3.63) is 108 Å². The number of halogens is 6. The Bertz CT molecular complexity index is 1450. The van der Waals surface area contributed by atoms with Gasteiger partial charge in [-0.05, 0) is 53.8 Å². The molecule has 35 heavy (non-hydrogen) atoms. The van der Waals surface area contributed by atoms with Crippen LogP contribution in [0.25, 0.3) is 39.1 Å². The van der Waals surface area contributed by atoms with Crippen LogP contribution in [0.15, 0.2) is 78.9 Å². The topological polar surface area (TPSA) is 9.23 Å². The van der Waals surface area contributed by atoms with E-state index in [0.717, 1.165) is 24.3 Å². The molecule has 0 fully saturated rings. The highest BCUT2D eigenvalue weighted by molar-refractivity contribution is 5.90. The normalized spacial score (nSPS) is 11.3. The molecule has 0 radical (unpaired) electrons. The Balaban J connectivity index is 1.70. The number of rotatable bonds is 6. The average Bonchev–Trinajstić information content (AvgIpc) is 2.80. The molecule has 0 unspecified atom stereocenters. The standard InChI is InChI=1S/C28H18F6O/c1-2-3-10-35-20-7-9-21(23(29)15-20)19-12-24(30)27(25(31)13-19)17-6-8-22-16(11-17)4-5-18(28(22)34)14-26(32)33/h2-9,11-15H,10H2,1H3. The van der Waals surface area contributed by atoms with E-state index in [0.29, 0.717) is 6.08 Å². The first-order chi connectivity index (χ1) is 16.8. The van der Waals surface area contributed by atoms with E-state index in [-0.39, 0.29) is 50.9 Å². The fourth-order valence-corrected chi connectivity index (χ4v) is 3.76. The van der Waals surface area contributed by atoms with Crippen molar-refractivity contribution in [2.45, 2.75) is 6.92 Å². The molecule has 1 nitrogen and oxygen atoms in total. The number of ether oxygens (including phenoxy) is 1. The molecule has 0 aliphatic rings. The SMILES string of the molecule is CC=CCOc1ccc(-c2cc(F)c(-c3ccc4c(F)c(C=C(F)F)ccc4c3)c(F)c2)c(F)c1. The van der Waals surface area contributed by atoms with Gasteiger partial charge in [-0.15, -0.1) is 0 Å². The zero-order chi connectivity index (χ0) is 25.1. The molecule has 0 spiro atoms. The largest absolute Gasteiger partial charge is 0.489 e. The molecule has 0 aromatic heterocycles. The van der Waals surface area contributed by atoms with Crippen molar-refractivity contribution in [1.82, 2.24) is 0 Å². The van der Waals surface area contributed by atoms with Gasteiger partial charge in [0.05, 0.1) is 5.56 Å². The van der Waals surface area contributed by atoms with Gasteiger partial charge in [0.15, 0.2) is 0 Å². The Morgan fingerprint density at radius 1 is 0.800 bits per heavy atom. The lowest BCUT2D eigenvalue weighted by Gasteiger charge is -2.12. The maximum Gasteiger partial charge on any atom is 0.271 e. The molecule has 0 saturated carbocycles. The van der Waals surface area contributed by atoms with E-state index in [1.165, 1.54) is 36.4 Å². The van der Waals surface area contributed by atoms with E-state index < -0.39 is 29.3 Å². The molecular weight excluding hydrogens is 466 g/mol. The minimum absolute atomic E-state index is 0.00207. The van der Waals surface area contributed by atoms with Crippen molar-refractivity contribution in [3.63, 3.8) is 0 Å². The van der Waals surface area contributed by atoms with E-state index in [1.54, 1.807) is 12.2 Å². The van der Waals surface area contributed by atoms with E-state index in [2.05, 4.69) is 0 Å². The number of allylic oxidation sites excluding steroid dienone is 1.